The number of carbonyl (C=O) groups excluding carboxylic acids is 1. The van der Waals surface area contributed by atoms with E-state index in [1.54, 1.807) is 31.2 Å². The van der Waals surface area contributed by atoms with Crippen molar-refractivity contribution in [3.05, 3.63) is 54.6 Å². The highest BCUT2D eigenvalue weighted by Crippen LogP contribution is 2.23. The summed E-state index contributed by atoms with van der Waals surface area (Å²) in [6.45, 7) is 1.56. The Bertz CT molecular complexity index is 632. The summed E-state index contributed by atoms with van der Waals surface area (Å²) < 4.78 is 5.67. The zero-order valence-electron chi connectivity index (χ0n) is 11.0. The quantitative estimate of drug-likeness (QED) is 0.920. The number of nitrogens with one attached hydrogen (secondary N) is 1. The predicted molar refractivity (Wildman–Crippen MR) is 76.4 cm³/mol. The van der Waals surface area contributed by atoms with Crippen LogP contribution in [0.4, 0.5) is 5.69 Å². The highest BCUT2D eigenvalue weighted by Gasteiger charge is 2.11. The van der Waals surface area contributed by atoms with E-state index < -0.39 is 5.92 Å². The summed E-state index contributed by atoms with van der Waals surface area (Å²) in [4.78, 5) is 11.6. The van der Waals surface area contributed by atoms with Crippen LogP contribution in [0.2, 0.25) is 0 Å². The van der Waals surface area contributed by atoms with Crippen molar-refractivity contribution in [1.29, 1.82) is 5.26 Å². The third-order valence-electron chi connectivity index (χ3n) is 2.67. The molecule has 0 spiro atoms. The molecule has 0 bridgehead atoms. The minimum Gasteiger partial charge on any atom is -0.457 e. The van der Waals surface area contributed by atoms with Crippen LogP contribution < -0.4 is 10.1 Å². The summed E-state index contributed by atoms with van der Waals surface area (Å²) in [5.41, 5.74) is 0.602. The summed E-state index contributed by atoms with van der Waals surface area (Å²) in [7, 11) is 0. The van der Waals surface area contributed by atoms with E-state index in [-0.39, 0.29) is 5.91 Å². The first-order chi connectivity index (χ1) is 9.69. The average Bonchev–Trinajstić information content (AvgIpc) is 2.47. The molecular formula is C16H14N2O2. The molecule has 0 aliphatic rings. The second kappa shape index (κ2) is 6.39. The van der Waals surface area contributed by atoms with Gasteiger partial charge in [-0.2, -0.15) is 5.26 Å². The van der Waals surface area contributed by atoms with Gasteiger partial charge in [0.05, 0.1) is 6.07 Å². The normalized spacial score (nSPS) is 11.2. The third kappa shape index (κ3) is 3.59. The molecule has 20 heavy (non-hydrogen) atoms. The number of hydrogen-bond acceptors (Lipinski definition) is 3. The number of nitrogens with zero attached hydrogens (tertiary/aromatic N) is 1. The Kier molecular flexibility index (Phi) is 4.35. The minimum absolute atomic E-state index is 0.329. The van der Waals surface area contributed by atoms with Crippen molar-refractivity contribution in [2.24, 2.45) is 5.92 Å². The van der Waals surface area contributed by atoms with Gasteiger partial charge in [0.1, 0.15) is 17.4 Å². The second-order valence-electron chi connectivity index (χ2n) is 4.28. The molecule has 1 amide bonds. The molecule has 4 nitrogen and oxygen atoms in total. The van der Waals surface area contributed by atoms with Crippen molar-refractivity contribution < 1.29 is 9.53 Å². The van der Waals surface area contributed by atoms with Gasteiger partial charge in [0.25, 0.3) is 0 Å². The first-order valence-corrected chi connectivity index (χ1v) is 6.22. The zero-order chi connectivity index (χ0) is 14.4. The number of anilines is 1. The second-order valence-corrected chi connectivity index (χ2v) is 4.28. The van der Waals surface area contributed by atoms with Crippen molar-refractivity contribution in [3.63, 3.8) is 0 Å². The SMILES string of the molecule is CC(C#N)C(=O)Nc1cccc(Oc2ccccc2)c1. The van der Waals surface area contributed by atoms with Gasteiger partial charge in [0.2, 0.25) is 5.91 Å². The molecule has 0 radical (unpaired) electrons. The van der Waals surface area contributed by atoms with Crippen LogP contribution in [-0.4, -0.2) is 5.91 Å². The Morgan fingerprint density at radius 1 is 1.15 bits per heavy atom. The van der Waals surface area contributed by atoms with Crippen molar-refractivity contribution in [3.8, 4) is 17.6 Å². The van der Waals surface area contributed by atoms with Crippen LogP contribution in [0.3, 0.4) is 0 Å². The molecule has 0 saturated heterocycles. The fraction of sp³-hybridized carbons (Fsp3) is 0.125. The lowest BCUT2D eigenvalue weighted by Crippen LogP contribution is -2.18. The van der Waals surface area contributed by atoms with Crippen molar-refractivity contribution in [2.75, 3.05) is 5.32 Å². The van der Waals surface area contributed by atoms with Crippen LogP contribution in [0.1, 0.15) is 6.92 Å². The molecule has 1 N–H and O–H groups in total. The van der Waals surface area contributed by atoms with Crippen molar-refractivity contribution >= 4 is 11.6 Å². The van der Waals surface area contributed by atoms with Crippen LogP contribution in [0.25, 0.3) is 0 Å². The maximum absolute atomic E-state index is 11.6. The topological polar surface area (TPSA) is 62.1 Å². The maximum Gasteiger partial charge on any atom is 0.241 e. The van der Waals surface area contributed by atoms with E-state index in [1.807, 2.05) is 36.4 Å². The van der Waals surface area contributed by atoms with Crippen LogP contribution in [0, 0.1) is 17.2 Å². The molecule has 100 valence electrons. The summed E-state index contributed by atoms with van der Waals surface area (Å²) in [5.74, 6) is 0.332. The van der Waals surface area contributed by atoms with Gasteiger partial charge >= 0.3 is 0 Å². The molecule has 0 heterocycles. The van der Waals surface area contributed by atoms with Gasteiger partial charge in [-0.15, -0.1) is 0 Å². The molecule has 0 aromatic heterocycles. The van der Waals surface area contributed by atoms with Crippen LogP contribution in [-0.2, 0) is 4.79 Å². The van der Waals surface area contributed by atoms with Crippen LogP contribution >= 0.6 is 0 Å². The molecule has 0 aliphatic carbocycles. The maximum atomic E-state index is 11.6. The zero-order valence-corrected chi connectivity index (χ0v) is 11.0. The molecule has 2 rings (SSSR count). The lowest BCUT2D eigenvalue weighted by molar-refractivity contribution is -0.117. The minimum atomic E-state index is -0.686. The van der Waals surface area contributed by atoms with E-state index in [0.717, 1.165) is 5.75 Å². The van der Waals surface area contributed by atoms with E-state index in [1.165, 1.54) is 0 Å². The predicted octanol–water partition coefficient (Wildman–Crippen LogP) is 3.58. The molecule has 1 unspecified atom stereocenters. The monoisotopic (exact) mass is 266 g/mol. The van der Waals surface area contributed by atoms with E-state index in [4.69, 9.17) is 10.00 Å². The Morgan fingerprint density at radius 2 is 1.85 bits per heavy atom. The number of nitriles is 1. The van der Waals surface area contributed by atoms with E-state index in [9.17, 15) is 4.79 Å². The number of para-hydroxylation sites is 1. The van der Waals surface area contributed by atoms with Crippen molar-refractivity contribution in [1.82, 2.24) is 0 Å². The smallest absolute Gasteiger partial charge is 0.241 e. The fourth-order valence-electron chi connectivity index (χ4n) is 1.57. The van der Waals surface area contributed by atoms with Gasteiger partial charge in [-0.1, -0.05) is 24.3 Å². The summed E-state index contributed by atoms with van der Waals surface area (Å²) in [6.07, 6.45) is 0. The van der Waals surface area contributed by atoms with Gasteiger partial charge in [-0.25, -0.2) is 0 Å². The number of ether oxygens (including phenoxy) is 1. The molecule has 0 fully saturated rings. The average molecular weight is 266 g/mol. The molecule has 0 saturated carbocycles. The summed E-state index contributed by atoms with van der Waals surface area (Å²) in [5, 5.41) is 11.4. The van der Waals surface area contributed by atoms with E-state index in [0.29, 0.717) is 11.4 Å². The number of amides is 1. The van der Waals surface area contributed by atoms with Gasteiger partial charge in [-0.3, -0.25) is 4.79 Å². The fourth-order valence-corrected chi connectivity index (χ4v) is 1.57. The lowest BCUT2D eigenvalue weighted by Gasteiger charge is -2.09. The molecule has 2 aromatic carbocycles. The Morgan fingerprint density at radius 3 is 2.55 bits per heavy atom. The van der Waals surface area contributed by atoms with Gasteiger partial charge in [0, 0.05) is 11.8 Å². The number of carbonyl (C=O) groups is 1. The third-order valence-corrected chi connectivity index (χ3v) is 2.67. The molecule has 2 aromatic rings. The van der Waals surface area contributed by atoms with E-state index in [2.05, 4.69) is 5.32 Å². The summed E-state index contributed by atoms with van der Waals surface area (Å²) in [6, 6.07) is 18.3. The lowest BCUT2D eigenvalue weighted by atomic mass is 10.2. The van der Waals surface area contributed by atoms with Crippen LogP contribution in [0.5, 0.6) is 11.5 Å². The Labute approximate surface area is 117 Å². The van der Waals surface area contributed by atoms with Crippen molar-refractivity contribution in [2.45, 2.75) is 6.92 Å². The molecule has 1 atom stereocenters. The first-order valence-electron chi connectivity index (χ1n) is 6.22. The molecule has 4 heteroatoms. The number of hydrogen-bond donors (Lipinski definition) is 1. The Balaban J connectivity index is 2.09. The van der Waals surface area contributed by atoms with Crippen LogP contribution in [0.15, 0.2) is 54.6 Å². The highest BCUT2D eigenvalue weighted by atomic mass is 16.5. The molecule has 0 aliphatic heterocycles. The number of rotatable bonds is 4. The molecular weight excluding hydrogens is 252 g/mol. The number of benzene rings is 2. The summed E-state index contributed by atoms with van der Waals surface area (Å²) >= 11 is 0. The largest absolute Gasteiger partial charge is 0.457 e. The Hall–Kier alpha value is -2.80. The van der Waals surface area contributed by atoms with Gasteiger partial charge < -0.3 is 10.1 Å². The highest BCUT2D eigenvalue weighted by molar-refractivity contribution is 5.93. The van der Waals surface area contributed by atoms with E-state index >= 15 is 0 Å². The van der Waals surface area contributed by atoms with Gasteiger partial charge in [-0.05, 0) is 31.2 Å². The standard InChI is InChI=1S/C16H14N2O2/c1-12(11-17)16(19)18-13-6-5-9-15(10-13)20-14-7-3-2-4-8-14/h2-10,12H,1H3,(H,18,19). The van der Waals surface area contributed by atoms with Gasteiger partial charge in [0.15, 0.2) is 0 Å². The first kappa shape index (κ1) is 13.6.